The number of hydrogen-bond acceptors (Lipinski definition) is 3. The maximum Gasteiger partial charge on any atom is 0.488 e. The van der Waals surface area contributed by atoms with Crippen molar-refractivity contribution in [2.75, 3.05) is 7.04 Å². The fraction of sp³-hybridized carbons (Fsp3) is 0.143. The third-order valence-corrected chi connectivity index (χ3v) is 1.53. The van der Waals surface area contributed by atoms with Crippen LogP contribution < -0.4 is 10.2 Å². The Bertz CT molecular complexity index is 356. The first-order chi connectivity index (χ1) is 6.78. The standard InChI is InChI=1S/C7H8BClO3/c1-12-7-3-5(8(10)11)2-6(9)4-7/h2-4,10-11H,1H3/i1D3. The minimum Gasteiger partial charge on any atom is -0.497 e. The van der Waals surface area contributed by atoms with Crippen molar-refractivity contribution >= 4 is 24.2 Å². The molecule has 0 unspecified atom stereocenters. The average Bonchev–Trinajstić information content (AvgIpc) is 1.99. The normalized spacial score (nSPS) is 14.4. The van der Waals surface area contributed by atoms with Crippen molar-refractivity contribution in [2.24, 2.45) is 0 Å². The topological polar surface area (TPSA) is 49.7 Å². The van der Waals surface area contributed by atoms with Crippen LogP contribution >= 0.6 is 11.6 Å². The van der Waals surface area contributed by atoms with Gasteiger partial charge >= 0.3 is 7.12 Å². The minimum atomic E-state index is -2.59. The maximum absolute atomic E-state index is 8.87. The summed E-state index contributed by atoms with van der Waals surface area (Å²) in [5, 5.41) is 17.9. The van der Waals surface area contributed by atoms with Crippen molar-refractivity contribution < 1.29 is 18.9 Å². The van der Waals surface area contributed by atoms with Crippen LogP contribution in [0.4, 0.5) is 0 Å². The second-order valence-electron chi connectivity index (χ2n) is 2.20. The van der Waals surface area contributed by atoms with Crippen LogP contribution in [-0.4, -0.2) is 24.2 Å². The monoisotopic (exact) mass is 189 g/mol. The first-order valence-corrected chi connectivity index (χ1v) is 3.51. The van der Waals surface area contributed by atoms with E-state index in [1.165, 1.54) is 18.2 Å². The predicted octanol–water partition coefficient (Wildman–Crippen LogP) is 0.0284. The van der Waals surface area contributed by atoms with Crippen molar-refractivity contribution in [2.45, 2.75) is 0 Å². The number of benzene rings is 1. The molecule has 0 saturated heterocycles. The van der Waals surface area contributed by atoms with E-state index in [-0.39, 0.29) is 16.2 Å². The third kappa shape index (κ3) is 2.14. The molecule has 0 spiro atoms. The molecule has 3 nitrogen and oxygen atoms in total. The Morgan fingerprint density at radius 1 is 1.50 bits per heavy atom. The van der Waals surface area contributed by atoms with Crippen molar-refractivity contribution in [3.05, 3.63) is 23.2 Å². The lowest BCUT2D eigenvalue weighted by Gasteiger charge is -2.04. The van der Waals surface area contributed by atoms with E-state index in [1.54, 1.807) is 0 Å². The van der Waals surface area contributed by atoms with E-state index in [1.807, 2.05) is 0 Å². The lowest BCUT2D eigenvalue weighted by Crippen LogP contribution is -2.29. The summed E-state index contributed by atoms with van der Waals surface area (Å²) in [7, 11) is -4.31. The Morgan fingerprint density at radius 2 is 2.25 bits per heavy atom. The molecule has 0 aromatic heterocycles. The quantitative estimate of drug-likeness (QED) is 0.645. The van der Waals surface area contributed by atoms with E-state index in [0.29, 0.717) is 0 Å². The van der Waals surface area contributed by atoms with Gasteiger partial charge in [-0.25, -0.2) is 0 Å². The van der Waals surface area contributed by atoms with E-state index in [2.05, 4.69) is 4.74 Å². The molecular weight excluding hydrogens is 178 g/mol. The number of hydrogen-bond donors (Lipinski definition) is 2. The van der Waals surface area contributed by atoms with Gasteiger partial charge in [0.25, 0.3) is 0 Å². The highest BCUT2D eigenvalue weighted by Gasteiger charge is 2.12. The predicted molar refractivity (Wildman–Crippen MR) is 47.8 cm³/mol. The molecular formula is C7H8BClO3. The van der Waals surface area contributed by atoms with Crippen molar-refractivity contribution in [1.82, 2.24) is 0 Å². The molecule has 0 bridgehead atoms. The molecule has 1 aromatic carbocycles. The second kappa shape index (κ2) is 3.80. The van der Waals surface area contributed by atoms with Crippen LogP contribution in [0.3, 0.4) is 0 Å². The first-order valence-electron chi connectivity index (χ1n) is 4.63. The zero-order chi connectivity index (χ0) is 11.6. The van der Waals surface area contributed by atoms with Crippen LogP contribution in [0, 0.1) is 0 Å². The van der Waals surface area contributed by atoms with Gasteiger partial charge in [-0.15, -0.1) is 0 Å². The average molecular weight is 189 g/mol. The summed E-state index contributed by atoms with van der Waals surface area (Å²) >= 11 is 5.64. The smallest absolute Gasteiger partial charge is 0.488 e. The number of halogens is 1. The number of ether oxygens (including phenoxy) is 1. The summed E-state index contributed by atoms with van der Waals surface area (Å²) in [6, 6.07) is 3.78. The van der Waals surface area contributed by atoms with Gasteiger partial charge in [-0.3, -0.25) is 0 Å². The summed E-state index contributed by atoms with van der Waals surface area (Å²) in [6.45, 7) is 0. The minimum absolute atomic E-state index is 0.0365. The molecule has 0 aliphatic carbocycles. The van der Waals surface area contributed by atoms with Crippen LogP contribution in [0.1, 0.15) is 4.11 Å². The molecule has 2 N–H and O–H groups in total. The molecule has 0 aliphatic heterocycles. The highest BCUT2D eigenvalue weighted by atomic mass is 35.5. The SMILES string of the molecule is [2H]C([2H])([2H])Oc1cc(Cl)cc(B(O)O)c1. The van der Waals surface area contributed by atoms with Crippen LogP contribution in [0.25, 0.3) is 0 Å². The van der Waals surface area contributed by atoms with E-state index >= 15 is 0 Å². The highest BCUT2D eigenvalue weighted by Crippen LogP contribution is 2.15. The maximum atomic E-state index is 8.87. The zero-order valence-electron chi connectivity index (χ0n) is 8.99. The Balaban J connectivity index is 2.99. The second-order valence-corrected chi connectivity index (χ2v) is 2.63. The molecule has 1 aromatic rings. The molecule has 0 atom stereocenters. The molecule has 0 saturated carbocycles. The lowest BCUT2D eigenvalue weighted by atomic mass is 9.80. The van der Waals surface area contributed by atoms with Gasteiger partial charge in [0.05, 0.1) is 11.2 Å². The third-order valence-electron chi connectivity index (χ3n) is 1.31. The molecule has 0 radical (unpaired) electrons. The molecule has 1 rings (SSSR count). The molecule has 0 heterocycles. The van der Waals surface area contributed by atoms with Gasteiger partial charge in [-0.2, -0.15) is 0 Å². The summed E-state index contributed by atoms with van der Waals surface area (Å²) < 4.78 is 25.1. The summed E-state index contributed by atoms with van der Waals surface area (Å²) in [5.41, 5.74) is 0.0711. The molecule has 0 amide bonds. The molecule has 0 aliphatic rings. The molecule has 5 heteroatoms. The van der Waals surface area contributed by atoms with Gasteiger partial charge < -0.3 is 14.8 Å². The lowest BCUT2D eigenvalue weighted by molar-refractivity contribution is 0.412. The summed E-state index contributed by atoms with van der Waals surface area (Å²) in [6.07, 6.45) is 0. The molecule has 64 valence electrons. The van der Waals surface area contributed by atoms with Gasteiger partial charge in [-0.1, -0.05) is 11.6 Å². The van der Waals surface area contributed by atoms with E-state index in [0.717, 1.165) is 0 Å². The van der Waals surface area contributed by atoms with Crippen LogP contribution in [0.15, 0.2) is 18.2 Å². The van der Waals surface area contributed by atoms with Gasteiger partial charge in [0.15, 0.2) is 0 Å². The van der Waals surface area contributed by atoms with Gasteiger partial charge in [-0.05, 0) is 23.7 Å². The van der Waals surface area contributed by atoms with Crippen LogP contribution in [0.2, 0.25) is 5.02 Å². The molecule has 12 heavy (non-hydrogen) atoms. The highest BCUT2D eigenvalue weighted by molar-refractivity contribution is 6.59. The molecule has 0 fully saturated rings. The Morgan fingerprint density at radius 3 is 2.83 bits per heavy atom. The van der Waals surface area contributed by atoms with Crippen LogP contribution in [0.5, 0.6) is 5.75 Å². The largest absolute Gasteiger partial charge is 0.497 e. The Labute approximate surface area is 79.9 Å². The van der Waals surface area contributed by atoms with Crippen molar-refractivity contribution in [3.63, 3.8) is 0 Å². The number of methoxy groups -OCH3 is 1. The summed E-state index contributed by atoms with van der Waals surface area (Å²) in [4.78, 5) is 0. The van der Waals surface area contributed by atoms with Crippen molar-refractivity contribution in [1.29, 1.82) is 0 Å². The van der Waals surface area contributed by atoms with Gasteiger partial charge in [0.2, 0.25) is 0 Å². The van der Waals surface area contributed by atoms with Crippen LogP contribution in [-0.2, 0) is 0 Å². The van der Waals surface area contributed by atoms with Gasteiger partial charge in [0.1, 0.15) is 5.75 Å². The first kappa shape index (κ1) is 5.86. The van der Waals surface area contributed by atoms with E-state index < -0.39 is 14.2 Å². The van der Waals surface area contributed by atoms with Crippen molar-refractivity contribution in [3.8, 4) is 5.75 Å². The van der Waals surface area contributed by atoms with Gasteiger partial charge in [0, 0.05) is 5.02 Å². The summed E-state index contributed by atoms with van der Waals surface area (Å²) in [5.74, 6) is -0.0365. The van der Waals surface area contributed by atoms with E-state index in [4.69, 9.17) is 25.8 Å². The van der Waals surface area contributed by atoms with E-state index in [9.17, 15) is 0 Å². The Hall–Kier alpha value is -0.705. The fourth-order valence-electron chi connectivity index (χ4n) is 0.792. The Kier molecular flexibility index (Phi) is 1.86. The zero-order valence-corrected chi connectivity index (χ0v) is 6.75. The number of rotatable bonds is 2. The fourth-order valence-corrected chi connectivity index (χ4v) is 1.03.